The third kappa shape index (κ3) is 2.35. The summed E-state index contributed by atoms with van der Waals surface area (Å²) in [6.07, 6.45) is 0. The van der Waals surface area contributed by atoms with Crippen LogP contribution >= 0.6 is 12.4 Å². The van der Waals surface area contributed by atoms with Crippen LogP contribution in [0.2, 0.25) is 0 Å². The Morgan fingerprint density at radius 1 is 0.875 bits per heavy atom. The van der Waals surface area contributed by atoms with Crippen molar-refractivity contribution in [1.82, 2.24) is 0 Å². The van der Waals surface area contributed by atoms with Gasteiger partial charge in [0.15, 0.2) is 0 Å². The molecule has 0 spiro atoms. The van der Waals surface area contributed by atoms with Gasteiger partial charge in [-0.05, 0) is 24.1 Å². The highest BCUT2D eigenvalue weighted by molar-refractivity contribution is 5.85. The van der Waals surface area contributed by atoms with E-state index < -0.39 is 0 Å². The van der Waals surface area contributed by atoms with E-state index in [1.807, 2.05) is 30.3 Å². The molecule has 0 unspecified atom stereocenters. The molecule has 16 heavy (non-hydrogen) atoms. The van der Waals surface area contributed by atoms with Crippen LogP contribution in [-0.2, 0) is 0 Å². The summed E-state index contributed by atoms with van der Waals surface area (Å²) in [4.78, 5) is 0. The zero-order chi connectivity index (χ0) is 10.7. The van der Waals surface area contributed by atoms with E-state index in [2.05, 4.69) is 30.5 Å². The van der Waals surface area contributed by atoms with E-state index in [0.717, 1.165) is 11.3 Å². The van der Waals surface area contributed by atoms with Crippen molar-refractivity contribution in [1.29, 1.82) is 0 Å². The molecule has 3 N–H and O–H groups in total. The number of para-hydroxylation sites is 1. The van der Waals surface area contributed by atoms with Crippen LogP contribution in [0.15, 0.2) is 48.5 Å². The van der Waals surface area contributed by atoms with Gasteiger partial charge in [0.05, 0.1) is 5.69 Å². The third-order valence-corrected chi connectivity index (χ3v) is 2.52. The number of hydrogen-bond acceptors (Lipinski definition) is 2. The summed E-state index contributed by atoms with van der Waals surface area (Å²) >= 11 is 0. The maximum absolute atomic E-state index is 5.49. The van der Waals surface area contributed by atoms with Crippen molar-refractivity contribution in [3.05, 3.63) is 54.1 Å². The molecule has 0 aliphatic carbocycles. The first-order valence-corrected chi connectivity index (χ1v) is 4.94. The first-order chi connectivity index (χ1) is 7.33. The molecule has 0 saturated heterocycles. The van der Waals surface area contributed by atoms with E-state index in [4.69, 9.17) is 5.84 Å². The summed E-state index contributed by atoms with van der Waals surface area (Å²) in [5.41, 5.74) is 7.27. The second-order valence-electron chi connectivity index (χ2n) is 3.50. The van der Waals surface area contributed by atoms with Crippen LogP contribution in [0.25, 0.3) is 11.1 Å². The van der Waals surface area contributed by atoms with Crippen LogP contribution < -0.4 is 11.3 Å². The average Bonchev–Trinajstić information content (AvgIpc) is 2.30. The molecule has 3 heteroatoms. The summed E-state index contributed by atoms with van der Waals surface area (Å²) in [6.45, 7) is 2.10. The Balaban J connectivity index is 0.00000128. The van der Waals surface area contributed by atoms with Crippen molar-refractivity contribution in [2.24, 2.45) is 5.84 Å². The van der Waals surface area contributed by atoms with Crippen LogP contribution in [-0.4, -0.2) is 0 Å². The van der Waals surface area contributed by atoms with Crippen LogP contribution in [0.5, 0.6) is 0 Å². The van der Waals surface area contributed by atoms with Gasteiger partial charge in [0.25, 0.3) is 0 Å². The molecule has 2 aromatic rings. The second kappa shape index (κ2) is 5.54. The maximum Gasteiger partial charge on any atom is 0.0563 e. The molecule has 0 aliphatic heterocycles. The molecule has 0 heterocycles. The highest BCUT2D eigenvalue weighted by Gasteiger charge is 2.04. The van der Waals surface area contributed by atoms with Gasteiger partial charge in [-0.3, -0.25) is 5.84 Å². The SMILES string of the molecule is Cc1ccccc1-c1ccccc1NN.Cl. The highest BCUT2D eigenvalue weighted by atomic mass is 35.5. The normalized spacial score (nSPS) is 9.38. The number of hydrogen-bond donors (Lipinski definition) is 2. The van der Waals surface area contributed by atoms with E-state index in [0.29, 0.717) is 0 Å². The molecule has 2 aromatic carbocycles. The summed E-state index contributed by atoms with van der Waals surface area (Å²) in [5.74, 6) is 5.49. The number of nitrogens with one attached hydrogen (secondary N) is 1. The fourth-order valence-corrected chi connectivity index (χ4v) is 1.72. The number of benzene rings is 2. The number of rotatable bonds is 2. The van der Waals surface area contributed by atoms with Gasteiger partial charge < -0.3 is 5.43 Å². The lowest BCUT2D eigenvalue weighted by molar-refractivity contribution is 1.34. The maximum atomic E-state index is 5.49. The Hall–Kier alpha value is -1.51. The number of nitrogen functional groups attached to an aromatic ring is 1. The predicted molar refractivity (Wildman–Crippen MR) is 71.7 cm³/mol. The molecule has 0 amide bonds. The quantitative estimate of drug-likeness (QED) is 0.618. The number of hydrazine groups is 1. The smallest absolute Gasteiger partial charge is 0.0563 e. The molecule has 2 nitrogen and oxygen atoms in total. The summed E-state index contributed by atoms with van der Waals surface area (Å²) in [5, 5.41) is 0. The van der Waals surface area contributed by atoms with Crippen molar-refractivity contribution in [3.8, 4) is 11.1 Å². The lowest BCUT2D eigenvalue weighted by atomic mass is 9.99. The van der Waals surface area contributed by atoms with E-state index in [1.165, 1.54) is 11.1 Å². The predicted octanol–water partition coefficient (Wildman–Crippen LogP) is 3.37. The lowest BCUT2D eigenvalue weighted by Crippen LogP contribution is -2.07. The van der Waals surface area contributed by atoms with Crippen LogP contribution in [0, 0.1) is 6.92 Å². The average molecular weight is 235 g/mol. The van der Waals surface area contributed by atoms with Gasteiger partial charge in [0, 0.05) is 5.56 Å². The van der Waals surface area contributed by atoms with Gasteiger partial charge in [-0.15, -0.1) is 12.4 Å². The highest BCUT2D eigenvalue weighted by Crippen LogP contribution is 2.29. The number of anilines is 1. The first kappa shape index (κ1) is 12.6. The van der Waals surface area contributed by atoms with E-state index in [1.54, 1.807) is 0 Å². The second-order valence-corrected chi connectivity index (χ2v) is 3.50. The fraction of sp³-hybridized carbons (Fsp3) is 0.0769. The number of nitrogens with two attached hydrogens (primary N) is 1. The van der Waals surface area contributed by atoms with Crippen molar-refractivity contribution in [2.75, 3.05) is 5.43 Å². The zero-order valence-corrected chi connectivity index (χ0v) is 9.92. The van der Waals surface area contributed by atoms with Crippen molar-refractivity contribution in [2.45, 2.75) is 6.92 Å². The summed E-state index contributed by atoms with van der Waals surface area (Å²) in [6, 6.07) is 16.3. The molecule has 0 aliphatic rings. The molecular weight excluding hydrogens is 220 g/mol. The topological polar surface area (TPSA) is 38.0 Å². The number of aryl methyl sites for hydroxylation is 1. The number of halogens is 1. The standard InChI is InChI=1S/C13H14N2.ClH/c1-10-6-2-3-7-11(10)12-8-4-5-9-13(12)15-14;/h2-9,15H,14H2,1H3;1H. The van der Waals surface area contributed by atoms with Gasteiger partial charge in [0.2, 0.25) is 0 Å². The lowest BCUT2D eigenvalue weighted by Gasteiger charge is -2.10. The third-order valence-electron chi connectivity index (χ3n) is 2.52. The first-order valence-electron chi connectivity index (χ1n) is 4.94. The molecule has 0 atom stereocenters. The zero-order valence-electron chi connectivity index (χ0n) is 9.10. The minimum Gasteiger partial charge on any atom is -0.324 e. The van der Waals surface area contributed by atoms with Crippen LogP contribution in [0.3, 0.4) is 0 Å². The van der Waals surface area contributed by atoms with E-state index >= 15 is 0 Å². The van der Waals surface area contributed by atoms with Crippen molar-refractivity contribution < 1.29 is 0 Å². The Morgan fingerprint density at radius 3 is 2.06 bits per heavy atom. The minimum absolute atomic E-state index is 0. The van der Waals surface area contributed by atoms with Gasteiger partial charge in [-0.2, -0.15) is 0 Å². The van der Waals surface area contributed by atoms with Gasteiger partial charge in [-0.1, -0.05) is 42.5 Å². The largest absolute Gasteiger partial charge is 0.324 e. The minimum atomic E-state index is 0. The Kier molecular flexibility index (Phi) is 4.35. The molecule has 0 fully saturated rings. The Morgan fingerprint density at radius 2 is 1.44 bits per heavy atom. The van der Waals surface area contributed by atoms with Crippen LogP contribution in [0.4, 0.5) is 5.69 Å². The van der Waals surface area contributed by atoms with E-state index in [-0.39, 0.29) is 12.4 Å². The van der Waals surface area contributed by atoms with E-state index in [9.17, 15) is 0 Å². The molecule has 84 valence electrons. The molecular formula is C13H15ClN2. The molecule has 0 bridgehead atoms. The molecule has 0 aromatic heterocycles. The Bertz CT molecular complexity index is 469. The van der Waals surface area contributed by atoms with Gasteiger partial charge in [-0.25, -0.2) is 0 Å². The van der Waals surface area contributed by atoms with Gasteiger partial charge >= 0.3 is 0 Å². The summed E-state index contributed by atoms with van der Waals surface area (Å²) < 4.78 is 0. The van der Waals surface area contributed by atoms with Crippen molar-refractivity contribution >= 4 is 18.1 Å². The summed E-state index contributed by atoms with van der Waals surface area (Å²) in [7, 11) is 0. The fourth-order valence-electron chi connectivity index (χ4n) is 1.72. The molecule has 2 rings (SSSR count). The molecule has 0 radical (unpaired) electrons. The van der Waals surface area contributed by atoms with Gasteiger partial charge in [0.1, 0.15) is 0 Å². The Labute approximate surface area is 102 Å². The van der Waals surface area contributed by atoms with Crippen molar-refractivity contribution in [3.63, 3.8) is 0 Å². The monoisotopic (exact) mass is 234 g/mol. The molecule has 0 saturated carbocycles. The van der Waals surface area contributed by atoms with Crippen LogP contribution in [0.1, 0.15) is 5.56 Å².